The number of nitrogens with zero attached hydrogens (tertiary/aromatic N) is 2. The number of benzene rings is 1. The first-order valence-corrected chi connectivity index (χ1v) is 8.33. The molecule has 2 fully saturated rings. The van der Waals surface area contributed by atoms with Crippen molar-refractivity contribution < 1.29 is 4.79 Å². The van der Waals surface area contributed by atoms with Crippen LogP contribution in [0, 0.1) is 12.8 Å². The van der Waals surface area contributed by atoms with Crippen LogP contribution in [0.3, 0.4) is 0 Å². The van der Waals surface area contributed by atoms with E-state index < -0.39 is 0 Å². The Labute approximate surface area is 131 Å². The van der Waals surface area contributed by atoms with E-state index in [9.17, 15) is 4.79 Å². The molecule has 2 saturated heterocycles. The highest BCUT2D eigenvalue weighted by molar-refractivity contribution is 6.30. The zero-order chi connectivity index (χ0) is 14.8. The maximum atomic E-state index is 12.5. The molecule has 0 spiro atoms. The summed E-state index contributed by atoms with van der Waals surface area (Å²) in [7, 11) is 0. The van der Waals surface area contributed by atoms with Crippen molar-refractivity contribution in [3.8, 4) is 0 Å². The van der Waals surface area contributed by atoms with Gasteiger partial charge in [-0.15, -0.1) is 0 Å². The van der Waals surface area contributed by atoms with Gasteiger partial charge in [-0.3, -0.25) is 4.79 Å². The number of hydrogen-bond acceptors (Lipinski definition) is 2. The number of carbonyl (C=O) groups excluding carboxylic acids is 1. The summed E-state index contributed by atoms with van der Waals surface area (Å²) in [4.78, 5) is 16.9. The van der Waals surface area contributed by atoms with Gasteiger partial charge in [0.25, 0.3) is 0 Å². The molecule has 0 radical (unpaired) electrons. The number of halogens is 1. The molecule has 3 rings (SSSR count). The van der Waals surface area contributed by atoms with Crippen LogP contribution in [0.4, 0.5) is 5.69 Å². The summed E-state index contributed by atoms with van der Waals surface area (Å²) in [5.74, 6) is 0.605. The van der Waals surface area contributed by atoms with Crippen LogP contribution < -0.4 is 4.90 Å². The van der Waals surface area contributed by atoms with Crippen molar-refractivity contribution in [1.82, 2.24) is 4.90 Å². The van der Waals surface area contributed by atoms with E-state index in [4.69, 9.17) is 11.6 Å². The molecule has 1 aromatic rings. The van der Waals surface area contributed by atoms with Gasteiger partial charge in [-0.05, 0) is 50.3 Å². The molecule has 2 aliphatic heterocycles. The largest absolute Gasteiger partial charge is 0.371 e. The molecule has 0 aliphatic carbocycles. The number of piperidine rings is 1. The van der Waals surface area contributed by atoms with Crippen LogP contribution in [-0.4, -0.2) is 37.0 Å². The highest BCUT2D eigenvalue weighted by Gasteiger charge is 2.30. The molecular formula is C17H23ClN2O. The molecule has 0 bridgehead atoms. The zero-order valence-corrected chi connectivity index (χ0v) is 13.4. The van der Waals surface area contributed by atoms with E-state index in [-0.39, 0.29) is 5.92 Å². The second-order valence-corrected chi connectivity index (χ2v) is 6.66. The lowest BCUT2D eigenvalue weighted by molar-refractivity contribution is -0.135. The SMILES string of the molecule is Cc1ccc(Cl)cc1N1CCC(C(=O)N2CCCC2)CC1. The number of likely N-dealkylation sites (tertiary alicyclic amines) is 1. The van der Waals surface area contributed by atoms with Gasteiger partial charge in [0.1, 0.15) is 0 Å². The van der Waals surface area contributed by atoms with Gasteiger partial charge in [0.2, 0.25) is 5.91 Å². The van der Waals surface area contributed by atoms with Crippen molar-refractivity contribution in [3.63, 3.8) is 0 Å². The zero-order valence-electron chi connectivity index (χ0n) is 12.6. The molecule has 0 unspecified atom stereocenters. The molecule has 0 N–H and O–H groups in total. The summed E-state index contributed by atoms with van der Waals surface area (Å²) in [6.45, 7) is 5.95. The number of rotatable bonds is 2. The lowest BCUT2D eigenvalue weighted by Crippen LogP contribution is -2.41. The number of aryl methyl sites for hydroxylation is 1. The fourth-order valence-corrected chi connectivity index (χ4v) is 3.65. The van der Waals surface area contributed by atoms with Gasteiger partial charge in [-0.2, -0.15) is 0 Å². The van der Waals surface area contributed by atoms with Gasteiger partial charge in [0.15, 0.2) is 0 Å². The van der Waals surface area contributed by atoms with Crippen LogP contribution in [-0.2, 0) is 4.79 Å². The predicted molar refractivity (Wildman–Crippen MR) is 86.9 cm³/mol. The van der Waals surface area contributed by atoms with Gasteiger partial charge < -0.3 is 9.80 Å². The normalized spacial score (nSPS) is 20.1. The van der Waals surface area contributed by atoms with Crippen molar-refractivity contribution in [2.24, 2.45) is 5.92 Å². The first-order chi connectivity index (χ1) is 10.1. The van der Waals surface area contributed by atoms with Crippen LogP contribution in [0.1, 0.15) is 31.2 Å². The first-order valence-electron chi connectivity index (χ1n) is 7.95. The average molecular weight is 307 g/mol. The summed E-state index contributed by atoms with van der Waals surface area (Å²) >= 11 is 6.11. The van der Waals surface area contributed by atoms with E-state index in [1.165, 1.54) is 24.1 Å². The quantitative estimate of drug-likeness (QED) is 0.835. The van der Waals surface area contributed by atoms with Crippen molar-refractivity contribution in [2.45, 2.75) is 32.6 Å². The molecule has 1 aromatic carbocycles. The van der Waals surface area contributed by atoms with Gasteiger partial charge >= 0.3 is 0 Å². The molecule has 1 amide bonds. The molecular weight excluding hydrogens is 284 g/mol. The molecule has 2 aliphatic rings. The summed E-state index contributed by atoms with van der Waals surface area (Å²) in [5.41, 5.74) is 2.47. The molecule has 0 atom stereocenters. The minimum atomic E-state index is 0.221. The van der Waals surface area contributed by atoms with Crippen LogP contribution in [0.2, 0.25) is 5.02 Å². The Balaban J connectivity index is 1.62. The van der Waals surface area contributed by atoms with Gasteiger partial charge in [-0.25, -0.2) is 0 Å². The fourth-order valence-electron chi connectivity index (χ4n) is 3.49. The minimum absolute atomic E-state index is 0.221. The van der Waals surface area contributed by atoms with E-state index >= 15 is 0 Å². The van der Waals surface area contributed by atoms with Crippen LogP contribution in [0.5, 0.6) is 0 Å². The monoisotopic (exact) mass is 306 g/mol. The third kappa shape index (κ3) is 3.18. The average Bonchev–Trinajstić information content (AvgIpc) is 3.03. The standard InChI is InChI=1S/C17H23ClN2O/c1-13-4-5-15(18)12-16(13)19-10-6-14(7-11-19)17(21)20-8-2-3-9-20/h4-5,12,14H,2-3,6-11H2,1H3. The van der Waals surface area contributed by atoms with Gasteiger partial charge in [-0.1, -0.05) is 17.7 Å². The van der Waals surface area contributed by atoms with E-state index in [0.717, 1.165) is 44.0 Å². The highest BCUT2D eigenvalue weighted by atomic mass is 35.5. The topological polar surface area (TPSA) is 23.6 Å². The van der Waals surface area contributed by atoms with Crippen LogP contribution >= 0.6 is 11.6 Å². The highest BCUT2D eigenvalue weighted by Crippen LogP contribution is 2.29. The van der Waals surface area contributed by atoms with E-state index in [2.05, 4.69) is 22.8 Å². The first kappa shape index (κ1) is 14.7. The molecule has 3 nitrogen and oxygen atoms in total. The minimum Gasteiger partial charge on any atom is -0.371 e. The van der Waals surface area contributed by atoms with Crippen molar-refractivity contribution in [2.75, 3.05) is 31.1 Å². The van der Waals surface area contributed by atoms with Gasteiger partial charge in [0.05, 0.1) is 0 Å². The predicted octanol–water partition coefficient (Wildman–Crippen LogP) is 3.49. The Kier molecular flexibility index (Phi) is 4.39. The number of anilines is 1. The van der Waals surface area contributed by atoms with Crippen LogP contribution in [0.25, 0.3) is 0 Å². The maximum Gasteiger partial charge on any atom is 0.225 e. The van der Waals surface area contributed by atoms with Gasteiger partial charge in [0, 0.05) is 42.8 Å². The van der Waals surface area contributed by atoms with Crippen molar-refractivity contribution >= 4 is 23.2 Å². The van der Waals surface area contributed by atoms with Crippen LogP contribution in [0.15, 0.2) is 18.2 Å². The molecule has 21 heavy (non-hydrogen) atoms. The summed E-state index contributed by atoms with van der Waals surface area (Å²) in [5, 5.41) is 0.783. The number of hydrogen-bond donors (Lipinski definition) is 0. The Hall–Kier alpha value is -1.22. The van der Waals surface area contributed by atoms with Crippen molar-refractivity contribution in [3.05, 3.63) is 28.8 Å². The molecule has 114 valence electrons. The number of carbonyl (C=O) groups is 1. The molecule has 0 aromatic heterocycles. The lowest BCUT2D eigenvalue weighted by atomic mass is 9.94. The Bertz CT molecular complexity index is 518. The Morgan fingerprint density at radius 2 is 1.81 bits per heavy atom. The maximum absolute atomic E-state index is 12.5. The fraction of sp³-hybridized carbons (Fsp3) is 0.588. The summed E-state index contributed by atoms with van der Waals surface area (Å²) in [6, 6.07) is 6.04. The molecule has 2 heterocycles. The Morgan fingerprint density at radius 3 is 2.48 bits per heavy atom. The third-order valence-electron chi connectivity index (χ3n) is 4.77. The third-order valence-corrected chi connectivity index (χ3v) is 5.01. The summed E-state index contributed by atoms with van der Waals surface area (Å²) in [6.07, 6.45) is 4.27. The van der Waals surface area contributed by atoms with E-state index in [1.807, 2.05) is 12.1 Å². The lowest BCUT2D eigenvalue weighted by Gasteiger charge is -2.35. The van der Waals surface area contributed by atoms with Crippen molar-refractivity contribution in [1.29, 1.82) is 0 Å². The van der Waals surface area contributed by atoms with E-state index in [1.54, 1.807) is 0 Å². The molecule has 4 heteroatoms. The molecule has 0 saturated carbocycles. The number of amides is 1. The smallest absolute Gasteiger partial charge is 0.225 e. The second kappa shape index (κ2) is 6.27. The Morgan fingerprint density at radius 1 is 1.14 bits per heavy atom. The second-order valence-electron chi connectivity index (χ2n) is 6.22. The summed E-state index contributed by atoms with van der Waals surface area (Å²) < 4.78 is 0. The van der Waals surface area contributed by atoms with E-state index in [0.29, 0.717) is 5.91 Å².